The van der Waals surface area contributed by atoms with E-state index in [2.05, 4.69) is 15.4 Å². The average Bonchev–Trinajstić information content (AvgIpc) is 2.81. The van der Waals surface area contributed by atoms with E-state index in [-0.39, 0.29) is 17.8 Å². The molecule has 0 radical (unpaired) electrons. The van der Waals surface area contributed by atoms with E-state index in [1.54, 1.807) is 25.3 Å². The molecule has 2 rings (SSSR count). The van der Waals surface area contributed by atoms with Crippen molar-refractivity contribution in [2.75, 3.05) is 16.9 Å². The molecule has 0 amide bonds. The van der Waals surface area contributed by atoms with Crippen molar-refractivity contribution in [1.82, 2.24) is 9.97 Å². The van der Waals surface area contributed by atoms with Gasteiger partial charge in [0.25, 0.3) is 0 Å². The minimum Gasteiger partial charge on any atom is -0.344 e. The van der Waals surface area contributed by atoms with Crippen molar-refractivity contribution in [2.45, 2.75) is 26.1 Å². The predicted molar refractivity (Wildman–Crippen MR) is 73.8 cm³/mol. The van der Waals surface area contributed by atoms with E-state index in [0.717, 1.165) is 0 Å². The number of hydrogen-bond acceptors (Lipinski definition) is 6. The summed E-state index contributed by atoms with van der Waals surface area (Å²) < 4.78 is 38.2. The number of rotatable bonds is 4. The summed E-state index contributed by atoms with van der Waals surface area (Å²) in [4.78, 5) is 9.98. The maximum Gasteiger partial charge on any atom is 0.405 e. The summed E-state index contributed by atoms with van der Waals surface area (Å²) in [6, 6.07) is 1.35. The molecule has 0 aliphatic heterocycles. The number of alkyl halides is 3. The van der Waals surface area contributed by atoms with Crippen LogP contribution in [0, 0.1) is 0 Å². The van der Waals surface area contributed by atoms with Crippen LogP contribution in [0.5, 0.6) is 0 Å². The van der Waals surface area contributed by atoms with Gasteiger partial charge in [-0.1, -0.05) is 0 Å². The van der Waals surface area contributed by atoms with E-state index in [1.165, 1.54) is 16.2 Å². The number of nitrogens with zero attached hydrogens (tertiary/aromatic N) is 3. The SMILES string of the molecule is CC(C)N(CC(F)(F)F)c1nc(NN)nc2sccc12. The van der Waals surface area contributed by atoms with Gasteiger partial charge in [-0.2, -0.15) is 18.2 Å². The smallest absolute Gasteiger partial charge is 0.344 e. The molecule has 9 heteroatoms. The first-order chi connectivity index (χ1) is 9.31. The van der Waals surface area contributed by atoms with Gasteiger partial charge in [-0.05, 0) is 25.3 Å². The van der Waals surface area contributed by atoms with Gasteiger partial charge in [-0.15, -0.1) is 11.3 Å². The summed E-state index contributed by atoms with van der Waals surface area (Å²) >= 11 is 1.32. The van der Waals surface area contributed by atoms with Crippen LogP contribution < -0.4 is 16.2 Å². The van der Waals surface area contributed by atoms with Crippen LogP contribution in [-0.2, 0) is 0 Å². The largest absolute Gasteiger partial charge is 0.405 e. The Morgan fingerprint density at radius 1 is 1.40 bits per heavy atom. The van der Waals surface area contributed by atoms with E-state index in [1.807, 2.05) is 0 Å². The van der Waals surface area contributed by atoms with Crippen LogP contribution in [0.3, 0.4) is 0 Å². The van der Waals surface area contributed by atoms with Gasteiger partial charge in [0.15, 0.2) is 0 Å². The summed E-state index contributed by atoms with van der Waals surface area (Å²) in [5.41, 5.74) is 2.28. The second kappa shape index (κ2) is 5.41. The quantitative estimate of drug-likeness (QED) is 0.671. The number of hydrazine groups is 1. The number of fused-ring (bicyclic) bond motifs is 1. The van der Waals surface area contributed by atoms with Crippen molar-refractivity contribution in [3.8, 4) is 0 Å². The van der Waals surface area contributed by atoms with Crippen molar-refractivity contribution >= 4 is 33.3 Å². The first kappa shape index (κ1) is 14.8. The van der Waals surface area contributed by atoms with E-state index in [0.29, 0.717) is 10.2 Å². The monoisotopic (exact) mass is 305 g/mol. The third-order valence-electron chi connectivity index (χ3n) is 2.68. The fourth-order valence-electron chi connectivity index (χ4n) is 1.82. The molecule has 2 heterocycles. The van der Waals surface area contributed by atoms with Crippen LogP contribution in [0.1, 0.15) is 13.8 Å². The molecule has 3 N–H and O–H groups in total. The van der Waals surface area contributed by atoms with Crippen LogP contribution >= 0.6 is 11.3 Å². The second-order valence-electron chi connectivity index (χ2n) is 4.49. The highest BCUT2D eigenvalue weighted by atomic mass is 32.1. The highest BCUT2D eigenvalue weighted by molar-refractivity contribution is 7.16. The van der Waals surface area contributed by atoms with Gasteiger partial charge in [-0.25, -0.2) is 10.8 Å². The Kier molecular flexibility index (Phi) is 4.00. The maximum absolute atomic E-state index is 12.7. The second-order valence-corrected chi connectivity index (χ2v) is 5.39. The third-order valence-corrected chi connectivity index (χ3v) is 3.49. The number of nitrogens with two attached hydrogens (primary N) is 1. The number of nitrogen functional groups attached to an aromatic ring is 1. The molecule has 0 aromatic carbocycles. The average molecular weight is 305 g/mol. The molecule has 0 aliphatic carbocycles. The zero-order chi connectivity index (χ0) is 14.9. The Morgan fingerprint density at radius 3 is 2.65 bits per heavy atom. The van der Waals surface area contributed by atoms with Crippen molar-refractivity contribution in [3.63, 3.8) is 0 Å². The van der Waals surface area contributed by atoms with Crippen LogP contribution in [0.4, 0.5) is 24.9 Å². The van der Waals surface area contributed by atoms with Crippen LogP contribution in [-0.4, -0.2) is 28.7 Å². The molecule has 5 nitrogen and oxygen atoms in total. The fourth-order valence-corrected chi connectivity index (χ4v) is 2.58. The number of thiophene rings is 1. The summed E-state index contributed by atoms with van der Waals surface area (Å²) in [5, 5.41) is 2.35. The van der Waals surface area contributed by atoms with Crippen LogP contribution in [0.15, 0.2) is 11.4 Å². The maximum atomic E-state index is 12.7. The van der Waals surface area contributed by atoms with Crippen LogP contribution in [0.2, 0.25) is 0 Å². The van der Waals surface area contributed by atoms with Crippen molar-refractivity contribution in [3.05, 3.63) is 11.4 Å². The van der Waals surface area contributed by atoms with Crippen molar-refractivity contribution in [1.29, 1.82) is 0 Å². The lowest BCUT2D eigenvalue weighted by Gasteiger charge is -2.29. The van der Waals surface area contributed by atoms with Crippen molar-refractivity contribution < 1.29 is 13.2 Å². The Labute approximate surface area is 117 Å². The van der Waals surface area contributed by atoms with E-state index < -0.39 is 12.7 Å². The zero-order valence-corrected chi connectivity index (χ0v) is 11.7. The molecule has 0 unspecified atom stereocenters. The Morgan fingerprint density at radius 2 is 2.10 bits per heavy atom. The number of halogens is 3. The minimum absolute atomic E-state index is 0.0998. The Bertz CT molecular complexity index is 595. The van der Waals surface area contributed by atoms with Crippen LogP contribution in [0.25, 0.3) is 10.2 Å². The first-order valence-corrected chi connectivity index (χ1v) is 6.75. The summed E-state index contributed by atoms with van der Waals surface area (Å²) in [5.74, 6) is 5.60. The minimum atomic E-state index is -4.31. The fraction of sp³-hybridized carbons (Fsp3) is 0.455. The van der Waals surface area contributed by atoms with Gasteiger partial charge in [0.2, 0.25) is 5.95 Å². The molecule has 0 atom stereocenters. The molecule has 0 saturated heterocycles. The molecular weight excluding hydrogens is 291 g/mol. The van der Waals surface area contributed by atoms with Gasteiger partial charge in [0.05, 0.1) is 5.39 Å². The third kappa shape index (κ3) is 3.10. The number of anilines is 2. The molecule has 0 aliphatic rings. The zero-order valence-electron chi connectivity index (χ0n) is 10.9. The van der Waals surface area contributed by atoms with Crippen molar-refractivity contribution in [2.24, 2.45) is 5.84 Å². The number of aromatic nitrogens is 2. The van der Waals surface area contributed by atoms with Gasteiger partial charge in [0, 0.05) is 6.04 Å². The topological polar surface area (TPSA) is 67.1 Å². The standard InChI is InChI=1S/C11H14F3N5S/c1-6(2)19(5-11(12,13)14)8-7-3-4-20-9(7)17-10(16-8)18-15/h3-4,6H,5,15H2,1-2H3,(H,16,17,18). The summed E-state index contributed by atoms with van der Waals surface area (Å²) in [6.07, 6.45) is -4.31. The normalized spacial score (nSPS) is 12.2. The highest BCUT2D eigenvalue weighted by Gasteiger charge is 2.33. The van der Waals surface area contributed by atoms with Gasteiger partial charge in [-0.3, -0.25) is 5.43 Å². The predicted octanol–water partition coefficient (Wildman–Crippen LogP) is 2.75. The number of hydrogen-bond donors (Lipinski definition) is 2. The molecule has 0 bridgehead atoms. The van der Waals surface area contributed by atoms with Gasteiger partial charge < -0.3 is 4.90 Å². The molecule has 0 spiro atoms. The van der Waals surface area contributed by atoms with Gasteiger partial charge >= 0.3 is 6.18 Å². The lowest BCUT2D eigenvalue weighted by Crippen LogP contribution is -2.40. The summed E-state index contributed by atoms with van der Waals surface area (Å²) in [7, 11) is 0. The van der Waals surface area contributed by atoms with E-state index in [9.17, 15) is 13.2 Å². The molecule has 20 heavy (non-hydrogen) atoms. The molecule has 110 valence electrons. The summed E-state index contributed by atoms with van der Waals surface area (Å²) in [6.45, 7) is 2.29. The lowest BCUT2D eigenvalue weighted by atomic mass is 10.2. The Hall–Kier alpha value is -1.61. The van der Waals surface area contributed by atoms with Gasteiger partial charge in [0.1, 0.15) is 17.2 Å². The van der Waals surface area contributed by atoms with E-state index in [4.69, 9.17) is 5.84 Å². The Balaban J connectivity index is 2.54. The highest BCUT2D eigenvalue weighted by Crippen LogP contribution is 2.32. The molecule has 2 aromatic heterocycles. The lowest BCUT2D eigenvalue weighted by molar-refractivity contribution is -0.120. The molecular formula is C11H14F3N5S. The van der Waals surface area contributed by atoms with E-state index >= 15 is 0 Å². The molecule has 0 saturated carbocycles. The number of nitrogens with one attached hydrogen (secondary N) is 1. The molecule has 0 fully saturated rings. The first-order valence-electron chi connectivity index (χ1n) is 5.87. The molecule has 2 aromatic rings.